The molecule has 2 aromatic rings. The summed E-state index contributed by atoms with van der Waals surface area (Å²) in [6, 6.07) is 6.18. The average Bonchev–Trinajstić information content (AvgIpc) is 2.92. The molecule has 2 heterocycles. The Morgan fingerprint density at radius 2 is 2.25 bits per heavy atom. The fraction of sp³-hybridized carbons (Fsp3) is 0.333. The Morgan fingerprint density at radius 3 is 2.95 bits per heavy atom. The van der Waals surface area contributed by atoms with Crippen LogP contribution in [-0.2, 0) is 0 Å². The number of halogens is 1. The van der Waals surface area contributed by atoms with Crippen LogP contribution in [0.5, 0.6) is 0 Å². The summed E-state index contributed by atoms with van der Waals surface area (Å²) in [5.41, 5.74) is 2.98. The first kappa shape index (κ1) is 12.8. The van der Waals surface area contributed by atoms with E-state index in [0.29, 0.717) is 12.2 Å². The lowest BCUT2D eigenvalue weighted by Gasteiger charge is -2.25. The molecule has 1 aromatic heterocycles. The molecule has 1 aromatic carbocycles. The molecule has 0 bridgehead atoms. The average molecular weight is 273 g/mol. The van der Waals surface area contributed by atoms with E-state index in [1.54, 1.807) is 11.0 Å². The zero-order valence-corrected chi connectivity index (χ0v) is 11.5. The van der Waals surface area contributed by atoms with Gasteiger partial charge in [-0.05, 0) is 31.0 Å². The molecule has 104 valence electrons. The van der Waals surface area contributed by atoms with Gasteiger partial charge < -0.3 is 4.90 Å². The van der Waals surface area contributed by atoms with Gasteiger partial charge in [-0.25, -0.2) is 4.39 Å². The van der Waals surface area contributed by atoms with Crippen molar-refractivity contribution in [1.82, 2.24) is 15.1 Å². The highest BCUT2D eigenvalue weighted by Gasteiger charge is 2.40. The zero-order chi connectivity index (χ0) is 14.3. The highest BCUT2D eigenvalue weighted by Crippen LogP contribution is 2.39. The van der Waals surface area contributed by atoms with Crippen molar-refractivity contribution in [1.29, 1.82) is 0 Å². The number of aromatic nitrogens is 2. The van der Waals surface area contributed by atoms with E-state index in [-0.39, 0.29) is 17.8 Å². The summed E-state index contributed by atoms with van der Waals surface area (Å²) in [5.74, 6) is -0.374. The van der Waals surface area contributed by atoms with Gasteiger partial charge in [0, 0.05) is 17.8 Å². The second-order valence-electron chi connectivity index (χ2n) is 5.07. The molecule has 0 saturated heterocycles. The fourth-order valence-electron chi connectivity index (χ4n) is 2.84. The molecule has 1 atom stereocenters. The first-order valence-electron chi connectivity index (χ1n) is 6.74. The number of H-pyrrole nitrogens is 1. The SMILES string of the molecule is CCCN1C(=O)c2n[nH]c(C)c2C1c1cccc(F)c1. The number of aryl methyl sites for hydroxylation is 1. The zero-order valence-electron chi connectivity index (χ0n) is 11.5. The first-order valence-corrected chi connectivity index (χ1v) is 6.74. The molecule has 20 heavy (non-hydrogen) atoms. The number of benzene rings is 1. The minimum atomic E-state index is -0.291. The lowest BCUT2D eigenvalue weighted by molar-refractivity contribution is 0.0743. The van der Waals surface area contributed by atoms with E-state index in [9.17, 15) is 9.18 Å². The molecule has 1 unspecified atom stereocenters. The Hall–Kier alpha value is -2.17. The van der Waals surface area contributed by atoms with Gasteiger partial charge in [0.2, 0.25) is 0 Å². The number of aromatic amines is 1. The van der Waals surface area contributed by atoms with Gasteiger partial charge in [0.25, 0.3) is 5.91 Å². The Bertz CT molecular complexity index is 665. The van der Waals surface area contributed by atoms with Gasteiger partial charge >= 0.3 is 0 Å². The highest BCUT2D eigenvalue weighted by molar-refractivity contribution is 5.98. The van der Waals surface area contributed by atoms with E-state index in [0.717, 1.165) is 23.2 Å². The monoisotopic (exact) mass is 273 g/mol. The summed E-state index contributed by atoms with van der Waals surface area (Å²) in [6.45, 7) is 4.54. The number of carbonyl (C=O) groups excluding carboxylic acids is 1. The first-order chi connectivity index (χ1) is 9.63. The molecule has 0 aliphatic carbocycles. The van der Waals surface area contributed by atoms with Crippen LogP contribution in [-0.4, -0.2) is 27.5 Å². The topological polar surface area (TPSA) is 49.0 Å². The lowest BCUT2D eigenvalue weighted by Crippen LogP contribution is -2.30. The number of carbonyl (C=O) groups is 1. The molecule has 1 aliphatic rings. The maximum absolute atomic E-state index is 13.5. The number of nitrogens with zero attached hydrogens (tertiary/aromatic N) is 2. The summed E-state index contributed by atoms with van der Waals surface area (Å²) in [7, 11) is 0. The van der Waals surface area contributed by atoms with Gasteiger partial charge in [-0.3, -0.25) is 9.89 Å². The van der Waals surface area contributed by atoms with Crippen LogP contribution in [0.3, 0.4) is 0 Å². The van der Waals surface area contributed by atoms with Crippen molar-refractivity contribution >= 4 is 5.91 Å². The number of rotatable bonds is 3. The predicted octanol–water partition coefficient (Wildman–Crippen LogP) is 2.81. The molecule has 1 aliphatic heterocycles. The van der Waals surface area contributed by atoms with Gasteiger partial charge in [0.1, 0.15) is 5.82 Å². The van der Waals surface area contributed by atoms with Gasteiger partial charge in [0.15, 0.2) is 5.69 Å². The minimum Gasteiger partial charge on any atom is -0.326 e. The molecule has 1 N–H and O–H groups in total. The van der Waals surface area contributed by atoms with Crippen molar-refractivity contribution in [3.05, 3.63) is 52.6 Å². The Morgan fingerprint density at radius 1 is 1.45 bits per heavy atom. The van der Waals surface area contributed by atoms with Crippen LogP contribution in [0.25, 0.3) is 0 Å². The van der Waals surface area contributed by atoms with Crippen LogP contribution < -0.4 is 0 Å². The number of fused-ring (bicyclic) bond motifs is 1. The molecule has 0 fully saturated rings. The third kappa shape index (κ3) is 1.81. The van der Waals surface area contributed by atoms with Gasteiger partial charge in [0.05, 0.1) is 6.04 Å². The summed E-state index contributed by atoms with van der Waals surface area (Å²) >= 11 is 0. The van der Waals surface area contributed by atoms with E-state index in [4.69, 9.17) is 0 Å². The van der Waals surface area contributed by atoms with E-state index in [2.05, 4.69) is 10.2 Å². The third-order valence-electron chi connectivity index (χ3n) is 3.67. The molecule has 0 spiro atoms. The van der Waals surface area contributed by atoms with Crippen molar-refractivity contribution in [2.75, 3.05) is 6.54 Å². The van der Waals surface area contributed by atoms with E-state index in [1.807, 2.05) is 19.9 Å². The maximum Gasteiger partial charge on any atom is 0.275 e. The molecule has 4 nitrogen and oxygen atoms in total. The molecular weight excluding hydrogens is 257 g/mol. The summed E-state index contributed by atoms with van der Waals surface area (Å²) in [4.78, 5) is 14.2. The molecule has 1 amide bonds. The summed E-state index contributed by atoms with van der Waals surface area (Å²) in [6.07, 6.45) is 0.852. The van der Waals surface area contributed by atoms with Crippen molar-refractivity contribution in [2.24, 2.45) is 0 Å². The van der Waals surface area contributed by atoms with Crippen LogP contribution in [0.15, 0.2) is 24.3 Å². The largest absolute Gasteiger partial charge is 0.326 e. The summed E-state index contributed by atoms with van der Waals surface area (Å²) < 4.78 is 13.5. The maximum atomic E-state index is 13.5. The normalized spacial score (nSPS) is 17.6. The van der Waals surface area contributed by atoms with Crippen LogP contribution >= 0.6 is 0 Å². The van der Waals surface area contributed by atoms with Crippen LogP contribution in [0.4, 0.5) is 4.39 Å². The Balaban J connectivity index is 2.14. The third-order valence-corrected chi connectivity index (χ3v) is 3.67. The van der Waals surface area contributed by atoms with Crippen molar-refractivity contribution in [2.45, 2.75) is 26.3 Å². The number of nitrogens with one attached hydrogen (secondary N) is 1. The molecule has 5 heteroatoms. The number of hydrogen-bond acceptors (Lipinski definition) is 2. The minimum absolute atomic E-state index is 0.0829. The second kappa shape index (κ2) is 4.74. The van der Waals surface area contributed by atoms with E-state index >= 15 is 0 Å². The van der Waals surface area contributed by atoms with Crippen molar-refractivity contribution in [3.63, 3.8) is 0 Å². The standard InChI is InChI=1S/C15H16FN3O/c1-3-7-19-14(10-5-4-6-11(16)8-10)12-9(2)17-18-13(12)15(19)20/h4-6,8,14H,3,7H2,1-2H3,(H,17,18). The Kier molecular flexibility index (Phi) is 3.04. The highest BCUT2D eigenvalue weighted by atomic mass is 19.1. The number of hydrogen-bond donors (Lipinski definition) is 1. The Labute approximate surface area is 116 Å². The van der Waals surface area contributed by atoms with E-state index < -0.39 is 0 Å². The van der Waals surface area contributed by atoms with Gasteiger partial charge in [-0.15, -0.1) is 0 Å². The quantitative estimate of drug-likeness (QED) is 0.934. The number of amides is 1. The molecule has 0 saturated carbocycles. The van der Waals surface area contributed by atoms with E-state index in [1.165, 1.54) is 12.1 Å². The molecular formula is C15H16FN3O. The second-order valence-corrected chi connectivity index (χ2v) is 5.07. The van der Waals surface area contributed by atoms with Gasteiger partial charge in [-0.2, -0.15) is 5.10 Å². The van der Waals surface area contributed by atoms with Crippen molar-refractivity contribution in [3.8, 4) is 0 Å². The molecule has 0 radical (unpaired) electrons. The van der Waals surface area contributed by atoms with Crippen LogP contribution in [0.2, 0.25) is 0 Å². The van der Waals surface area contributed by atoms with Crippen LogP contribution in [0.1, 0.15) is 46.7 Å². The van der Waals surface area contributed by atoms with Crippen molar-refractivity contribution < 1.29 is 9.18 Å². The van der Waals surface area contributed by atoms with Crippen LogP contribution in [0, 0.1) is 12.7 Å². The predicted molar refractivity (Wildman–Crippen MR) is 72.9 cm³/mol. The smallest absolute Gasteiger partial charge is 0.275 e. The fourth-order valence-corrected chi connectivity index (χ4v) is 2.84. The lowest BCUT2D eigenvalue weighted by atomic mass is 9.99. The summed E-state index contributed by atoms with van der Waals surface area (Å²) in [5, 5.41) is 6.95. The van der Waals surface area contributed by atoms with Gasteiger partial charge in [-0.1, -0.05) is 19.1 Å². The molecule has 3 rings (SSSR count).